The van der Waals surface area contributed by atoms with Gasteiger partial charge in [-0.2, -0.15) is 0 Å². The third kappa shape index (κ3) is 3.05. The summed E-state index contributed by atoms with van der Waals surface area (Å²) < 4.78 is 5.31. The molecule has 0 amide bonds. The van der Waals surface area contributed by atoms with Crippen LogP contribution >= 0.6 is 23.2 Å². The summed E-state index contributed by atoms with van der Waals surface area (Å²) in [6.07, 6.45) is 3.87. The molecule has 2 rings (SSSR count). The second kappa shape index (κ2) is 6.05. The van der Waals surface area contributed by atoms with Crippen molar-refractivity contribution >= 4 is 29.0 Å². The molecule has 0 spiro atoms. The van der Waals surface area contributed by atoms with Gasteiger partial charge in [-0.3, -0.25) is 4.79 Å². The number of carbonyl (C=O) groups excluding carboxylic acids is 1. The monoisotopic (exact) mass is 286 g/mol. The summed E-state index contributed by atoms with van der Waals surface area (Å²) in [6.45, 7) is 0. The van der Waals surface area contributed by atoms with Crippen molar-refractivity contribution in [2.45, 2.75) is 31.8 Å². The van der Waals surface area contributed by atoms with Gasteiger partial charge in [-0.05, 0) is 37.3 Å². The molecule has 2 atom stereocenters. The molecule has 0 N–H and O–H groups in total. The van der Waals surface area contributed by atoms with Gasteiger partial charge in [0.15, 0.2) is 5.78 Å². The van der Waals surface area contributed by atoms with E-state index in [1.807, 2.05) is 0 Å². The molecular formula is C14H16Cl2O2. The van der Waals surface area contributed by atoms with E-state index in [2.05, 4.69) is 0 Å². The average Bonchev–Trinajstić information content (AvgIpc) is 2.80. The van der Waals surface area contributed by atoms with Crippen LogP contribution in [0.25, 0.3) is 0 Å². The summed E-state index contributed by atoms with van der Waals surface area (Å²) in [4.78, 5) is 12.2. The van der Waals surface area contributed by atoms with Gasteiger partial charge in [-0.25, -0.2) is 0 Å². The Bertz CT molecular complexity index is 445. The Morgan fingerprint density at radius 3 is 2.83 bits per heavy atom. The van der Waals surface area contributed by atoms with Crippen LogP contribution in [0.3, 0.4) is 0 Å². The maximum Gasteiger partial charge on any atom is 0.164 e. The van der Waals surface area contributed by atoms with Crippen LogP contribution in [0.5, 0.6) is 0 Å². The number of benzene rings is 1. The first-order valence-electron chi connectivity index (χ1n) is 6.11. The summed E-state index contributed by atoms with van der Waals surface area (Å²) in [6, 6.07) is 5.19. The smallest absolute Gasteiger partial charge is 0.164 e. The highest BCUT2D eigenvalue weighted by Crippen LogP contribution is 2.33. The van der Waals surface area contributed by atoms with Gasteiger partial charge >= 0.3 is 0 Å². The molecule has 18 heavy (non-hydrogen) atoms. The second-order valence-corrected chi connectivity index (χ2v) is 5.55. The number of hydrogen-bond acceptors (Lipinski definition) is 2. The topological polar surface area (TPSA) is 26.3 Å². The molecule has 1 aromatic rings. The minimum Gasteiger partial charge on any atom is -0.381 e. The highest BCUT2D eigenvalue weighted by molar-refractivity contribution is 6.43. The zero-order valence-corrected chi connectivity index (χ0v) is 11.8. The van der Waals surface area contributed by atoms with Crippen molar-refractivity contribution in [1.82, 2.24) is 0 Å². The number of halogens is 2. The Balaban J connectivity index is 2.02. The van der Waals surface area contributed by atoms with Crippen molar-refractivity contribution in [2.24, 2.45) is 5.92 Å². The summed E-state index contributed by atoms with van der Waals surface area (Å²) in [5.41, 5.74) is 0.532. The van der Waals surface area contributed by atoms with Gasteiger partial charge in [0.05, 0.1) is 16.1 Å². The van der Waals surface area contributed by atoms with E-state index < -0.39 is 0 Å². The maximum absolute atomic E-state index is 12.2. The standard InChI is InChI=1S/C14H16Cl2O2/c1-18-10-6-5-9(7-10)8-13(17)11-3-2-4-12(15)14(11)16/h2-4,9-10H,5-8H2,1H3. The Hall–Kier alpha value is -0.570. The van der Waals surface area contributed by atoms with E-state index in [0.717, 1.165) is 19.3 Å². The molecule has 0 heterocycles. The molecule has 0 aromatic heterocycles. The van der Waals surface area contributed by atoms with Crippen molar-refractivity contribution < 1.29 is 9.53 Å². The quantitative estimate of drug-likeness (QED) is 0.768. The Labute approximate surface area is 117 Å². The molecule has 0 bridgehead atoms. The molecule has 1 aromatic carbocycles. The predicted molar refractivity (Wildman–Crippen MR) is 73.5 cm³/mol. The fourth-order valence-corrected chi connectivity index (χ4v) is 2.93. The van der Waals surface area contributed by atoms with Crippen molar-refractivity contribution in [1.29, 1.82) is 0 Å². The van der Waals surface area contributed by atoms with Crippen LogP contribution in [-0.2, 0) is 4.74 Å². The first-order chi connectivity index (χ1) is 8.61. The molecule has 0 radical (unpaired) electrons. The lowest BCUT2D eigenvalue weighted by Crippen LogP contribution is -2.09. The van der Waals surface area contributed by atoms with Gasteiger partial charge in [0.1, 0.15) is 0 Å². The van der Waals surface area contributed by atoms with E-state index in [4.69, 9.17) is 27.9 Å². The van der Waals surface area contributed by atoms with Gasteiger partial charge in [0.25, 0.3) is 0 Å². The largest absolute Gasteiger partial charge is 0.381 e. The second-order valence-electron chi connectivity index (χ2n) is 4.77. The van der Waals surface area contributed by atoms with E-state index in [-0.39, 0.29) is 5.78 Å². The van der Waals surface area contributed by atoms with E-state index in [0.29, 0.717) is 34.1 Å². The molecule has 98 valence electrons. The molecule has 4 heteroatoms. The van der Waals surface area contributed by atoms with Crippen molar-refractivity contribution in [3.05, 3.63) is 33.8 Å². The van der Waals surface area contributed by atoms with Crippen LogP contribution in [0.1, 0.15) is 36.0 Å². The van der Waals surface area contributed by atoms with E-state index in [1.54, 1.807) is 25.3 Å². The number of hydrogen-bond donors (Lipinski definition) is 0. The third-order valence-corrected chi connectivity index (χ3v) is 4.37. The van der Waals surface area contributed by atoms with Crippen LogP contribution in [0.4, 0.5) is 0 Å². The molecule has 1 aliphatic carbocycles. The van der Waals surface area contributed by atoms with Crippen LogP contribution in [0.2, 0.25) is 10.0 Å². The fourth-order valence-electron chi connectivity index (χ4n) is 2.52. The molecule has 2 unspecified atom stereocenters. The number of ether oxygens (including phenoxy) is 1. The summed E-state index contributed by atoms with van der Waals surface area (Å²) in [5, 5.41) is 0.800. The van der Waals surface area contributed by atoms with Crippen LogP contribution in [0.15, 0.2) is 18.2 Å². The maximum atomic E-state index is 12.2. The first-order valence-corrected chi connectivity index (χ1v) is 6.87. The van der Waals surface area contributed by atoms with E-state index in [1.165, 1.54) is 0 Å². The van der Waals surface area contributed by atoms with E-state index in [9.17, 15) is 4.79 Å². The lowest BCUT2D eigenvalue weighted by atomic mass is 9.97. The molecule has 1 aliphatic rings. The van der Waals surface area contributed by atoms with Crippen molar-refractivity contribution in [3.63, 3.8) is 0 Å². The molecule has 0 saturated heterocycles. The lowest BCUT2D eigenvalue weighted by molar-refractivity contribution is 0.0930. The van der Waals surface area contributed by atoms with Gasteiger partial charge in [-0.1, -0.05) is 29.3 Å². The number of rotatable bonds is 4. The third-order valence-electron chi connectivity index (χ3n) is 3.55. The zero-order chi connectivity index (χ0) is 13.1. The van der Waals surface area contributed by atoms with Gasteiger partial charge in [-0.15, -0.1) is 0 Å². The Kier molecular flexibility index (Phi) is 4.66. The highest BCUT2D eigenvalue weighted by Gasteiger charge is 2.27. The zero-order valence-electron chi connectivity index (χ0n) is 10.3. The van der Waals surface area contributed by atoms with Crippen molar-refractivity contribution in [2.75, 3.05) is 7.11 Å². The molecule has 1 fully saturated rings. The minimum atomic E-state index is 0.0734. The lowest BCUT2D eigenvalue weighted by Gasteiger charge is -2.10. The van der Waals surface area contributed by atoms with Crippen LogP contribution < -0.4 is 0 Å². The Morgan fingerprint density at radius 1 is 1.39 bits per heavy atom. The van der Waals surface area contributed by atoms with Crippen molar-refractivity contribution in [3.8, 4) is 0 Å². The summed E-state index contributed by atoms with van der Waals surface area (Å²) >= 11 is 12.0. The molecule has 0 aliphatic heterocycles. The van der Waals surface area contributed by atoms with E-state index >= 15 is 0 Å². The predicted octanol–water partition coefficient (Wildman–Crippen LogP) is 4.38. The van der Waals surface area contributed by atoms with Gasteiger partial charge < -0.3 is 4.74 Å². The number of Topliss-reactive ketones (excluding diaryl/α,β-unsaturated/α-hetero) is 1. The normalized spacial score (nSPS) is 23.3. The summed E-state index contributed by atoms with van der Waals surface area (Å²) in [5.74, 6) is 0.474. The first kappa shape index (κ1) is 13.9. The number of ketones is 1. The SMILES string of the molecule is COC1CCC(CC(=O)c2cccc(Cl)c2Cl)C1. The number of carbonyl (C=O) groups is 1. The average molecular weight is 287 g/mol. The van der Waals surface area contributed by atoms with Crippen LogP contribution in [0, 0.1) is 5.92 Å². The summed E-state index contributed by atoms with van der Waals surface area (Å²) in [7, 11) is 1.72. The minimum absolute atomic E-state index is 0.0734. The highest BCUT2D eigenvalue weighted by atomic mass is 35.5. The molecule has 1 saturated carbocycles. The fraction of sp³-hybridized carbons (Fsp3) is 0.500. The van der Waals surface area contributed by atoms with Gasteiger partial charge in [0.2, 0.25) is 0 Å². The molecular weight excluding hydrogens is 271 g/mol. The Morgan fingerprint density at radius 2 is 2.17 bits per heavy atom. The van der Waals surface area contributed by atoms with Crippen LogP contribution in [-0.4, -0.2) is 19.0 Å². The number of methoxy groups -OCH3 is 1. The molecule has 2 nitrogen and oxygen atoms in total. The van der Waals surface area contributed by atoms with Gasteiger partial charge in [0, 0.05) is 19.1 Å².